The fraction of sp³-hybridized carbons (Fsp3) is 0.812. The Morgan fingerprint density at radius 2 is 1.95 bits per heavy atom. The van der Waals surface area contributed by atoms with Crippen molar-refractivity contribution in [2.75, 3.05) is 32.7 Å². The summed E-state index contributed by atoms with van der Waals surface area (Å²) in [6.45, 7) is 9.93. The average Bonchev–Trinajstić information content (AvgIpc) is 2.98. The van der Waals surface area contributed by atoms with E-state index in [-0.39, 0.29) is 12.1 Å². The molecule has 21 heavy (non-hydrogen) atoms. The first-order chi connectivity index (χ1) is 10.2. The second-order valence-corrected chi connectivity index (χ2v) is 6.43. The van der Waals surface area contributed by atoms with Gasteiger partial charge >= 0.3 is 0 Å². The first kappa shape index (κ1) is 15.0. The fourth-order valence-corrected chi connectivity index (χ4v) is 3.73. The third-order valence-corrected chi connectivity index (χ3v) is 5.16. The summed E-state index contributed by atoms with van der Waals surface area (Å²) in [6, 6.07) is 2.83. The lowest BCUT2D eigenvalue weighted by molar-refractivity contribution is -0.0456. The quantitative estimate of drug-likeness (QED) is 0.854. The van der Waals surface area contributed by atoms with E-state index in [9.17, 15) is 5.11 Å². The molecule has 1 aromatic rings. The second kappa shape index (κ2) is 6.46. The lowest BCUT2D eigenvalue weighted by Gasteiger charge is -2.49. The minimum absolute atomic E-state index is 0.283. The second-order valence-electron chi connectivity index (χ2n) is 6.43. The van der Waals surface area contributed by atoms with E-state index in [1.54, 1.807) is 0 Å². The number of nitrogens with zero attached hydrogens (tertiary/aromatic N) is 4. The van der Waals surface area contributed by atoms with Crippen LogP contribution in [0.25, 0.3) is 0 Å². The van der Waals surface area contributed by atoms with E-state index in [0.717, 1.165) is 51.3 Å². The molecule has 0 aromatic carbocycles. The van der Waals surface area contributed by atoms with Crippen molar-refractivity contribution in [2.45, 2.75) is 51.3 Å². The van der Waals surface area contributed by atoms with Crippen LogP contribution in [0.2, 0.25) is 0 Å². The van der Waals surface area contributed by atoms with E-state index >= 15 is 0 Å². The molecule has 0 amide bonds. The van der Waals surface area contributed by atoms with Gasteiger partial charge in [-0.2, -0.15) is 5.10 Å². The summed E-state index contributed by atoms with van der Waals surface area (Å²) >= 11 is 0. The molecule has 2 unspecified atom stereocenters. The molecule has 3 aliphatic rings. The molecule has 2 bridgehead atoms. The molecule has 3 fully saturated rings. The van der Waals surface area contributed by atoms with E-state index in [1.165, 1.54) is 0 Å². The Kier molecular flexibility index (Phi) is 4.62. The van der Waals surface area contributed by atoms with Crippen LogP contribution in [0.15, 0.2) is 12.3 Å². The van der Waals surface area contributed by atoms with Gasteiger partial charge in [0.2, 0.25) is 0 Å². The normalized spacial score (nSPS) is 30.0. The molecular weight excluding hydrogens is 264 g/mol. The molecule has 5 nitrogen and oxygen atoms in total. The summed E-state index contributed by atoms with van der Waals surface area (Å²) in [5, 5.41) is 15.3. The maximum absolute atomic E-state index is 10.6. The maximum Gasteiger partial charge on any atom is 0.0763 e. The molecule has 0 radical (unpaired) electrons. The smallest absolute Gasteiger partial charge is 0.0763 e. The van der Waals surface area contributed by atoms with Crippen molar-refractivity contribution in [3.05, 3.63) is 18.0 Å². The van der Waals surface area contributed by atoms with Gasteiger partial charge in [-0.1, -0.05) is 13.8 Å². The SMILES string of the molecule is CCC(CC)n1ccc(CC(O)C2CN3CCN2CC3)n1. The third kappa shape index (κ3) is 3.15. The standard InChI is InChI=1S/C16H28N4O/c1-3-14(4-2)20-6-5-13(17-20)11-16(21)15-12-18-7-9-19(15)10-8-18/h5-6,14-16,21H,3-4,7-12H2,1-2H3. The Morgan fingerprint density at radius 1 is 1.24 bits per heavy atom. The lowest BCUT2D eigenvalue weighted by Crippen LogP contribution is -2.64. The Morgan fingerprint density at radius 3 is 2.52 bits per heavy atom. The summed E-state index contributed by atoms with van der Waals surface area (Å²) < 4.78 is 2.07. The molecule has 3 aliphatic heterocycles. The van der Waals surface area contributed by atoms with Crippen LogP contribution in [-0.2, 0) is 6.42 Å². The van der Waals surface area contributed by atoms with Gasteiger partial charge in [-0.15, -0.1) is 0 Å². The Labute approximate surface area is 127 Å². The minimum Gasteiger partial charge on any atom is -0.391 e. The summed E-state index contributed by atoms with van der Waals surface area (Å²) in [7, 11) is 0. The van der Waals surface area contributed by atoms with Crippen LogP contribution in [0.3, 0.4) is 0 Å². The summed E-state index contributed by atoms with van der Waals surface area (Å²) in [5.41, 5.74) is 1.02. The van der Waals surface area contributed by atoms with Gasteiger partial charge in [0.05, 0.1) is 17.8 Å². The zero-order valence-corrected chi connectivity index (χ0v) is 13.3. The molecule has 5 heteroatoms. The molecule has 2 atom stereocenters. The molecule has 0 spiro atoms. The number of hydrogen-bond donors (Lipinski definition) is 1. The van der Waals surface area contributed by atoms with E-state index in [0.29, 0.717) is 12.5 Å². The fourth-order valence-electron chi connectivity index (χ4n) is 3.73. The van der Waals surface area contributed by atoms with Crippen LogP contribution in [-0.4, -0.2) is 69.6 Å². The van der Waals surface area contributed by atoms with Crippen molar-refractivity contribution in [3.8, 4) is 0 Å². The highest BCUT2D eigenvalue weighted by Gasteiger charge is 2.36. The highest BCUT2D eigenvalue weighted by molar-refractivity contribution is 5.04. The highest BCUT2D eigenvalue weighted by atomic mass is 16.3. The van der Waals surface area contributed by atoms with Crippen LogP contribution in [0, 0.1) is 0 Å². The van der Waals surface area contributed by atoms with Crippen LogP contribution < -0.4 is 0 Å². The first-order valence-corrected chi connectivity index (χ1v) is 8.39. The van der Waals surface area contributed by atoms with Crippen molar-refractivity contribution >= 4 is 0 Å². The van der Waals surface area contributed by atoms with Gasteiger partial charge in [0.25, 0.3) is 0 Å². The summed E-state index contributed by atoms with van der Waals surface area (Å²) in [6.07, 6.45) is 4.63. The lowest BCUT2D eigenvalue weighted by atomic mass is 9.99. The van der Waals surface area contributed by atoms with Gasteiger partial charge in [0.1, 0.15) is 0 Å². The Bertz CT molecular complexity index is 449. The van der Waals surface area contributed by atoms with Crippen LogP contribution in [0.1, 0.15) is 38.4 Å². The molecule has 4 heterocycles. The zero-order chi connectivity index (χ0) is 14.8. The van der Waals surface area contributed by atoms with Crippen molar-refractivity contribution in [1.82, 2.24) is 19.6 Å². The van der Waals surface area contributed by atoms with Gasteiger partial charge in [-0.3, -0.25) is 14.5 Å². The van der Waals surface area contributed by atoms with E-state index < -0.39 is 0 Å². The van der Waals surface area contributed by atoms with Crippen LogP contribution in [0.4, 0.5) is 0 Å². The third-order valence-electron chi connectivity index (χ3n) is 5.16. The number of hydrogen-bond acceptors (Lipinski definition) is 4. The van der Waals surface area contributed by atoms with Gasteiger partial charge in [-0.25, -0.2) is 0 Å². The molecule has 3 saturated heterocycles. The number of aliphatic hydroxyl groups excluding tert-OH is 1. The average molecular weight is 292 g/mol. The molecular formula is C16H28N4O. The first-order valence-electron chi connectivity index (χ1n) is 8.39. The van der Waals surface area contributed by atoms with Crippen LogP contribution >= 0.6 is 0 Å². The monoisotopic (exact) mass is 292 g/mol. The topological polar surface area (TPSA) is 44.5 Å². The Balaban J connectivity index is 1.61. The maximum atomic E-state index is 10.6. The van der Waals surface area contributed by atoms with E-state index in [1.807, 2.05) is 0 Å². The predicted octanol–water partition coefficient (Wildman–Crippen LogP) is 1.15. The highest BCUT2D eigenvalue weighted by Crippen LogP contribution is 2.21. The van der Waals surface area contributed by atoms with Gasteiger partial charge in [0.15, 0.2) is 0 Å². The van der Waals surface area contributed by atoms with Gasteiger partial charge in [0, 0.05) is 51.4 Å². The molecule has 1 N–H and O–H groups in total. The molecule has 1 aromatic heterocycles. The number of aliphatic hydroxyl groups is 1. The molecule has 0 saturated carbocycles. The molecule has 4 rings (SSSR count). The largest absolute Gasteiger partial charge is 0.391 e. The Hall–Kier alpha value is -0.910. The predicted molar refractivity (Wildman–Crippen MR) is 83.4 cm³/mol. The number of aromatic nitrogens is 2. The summed E-state index contributed by atoms with van der Waals surface area (Å²) in [5.74, 6) is 0. The number of fused-ring (bicyclic) bond motifs is 3. The van der Waals surface area contributed by atoms with Gasteiger partial charge in [-0.05, 0) is 18.9 Å². The van der Waals surface area contributed by atoms with Crippen molar-refractivity contribution in [1.29, 1.82) is 0 Å². The minimum atomic E-state index is -0.307. The molecule has 0 aliphatic carbocycles. The zero-order valence-electron chi connectivity index (χ0n) is 13.3. The van der Waals surface area contributed by atoms with Gasteiger partial charge < -0.3 is 5.11 Å². The van der Waals surface area contributed by atoms with Crippen LogP contribution in [0.5, 0.6) is 0 Å². The van der Waals surface area contributed by atoms with E-state index in [4.69, 9.17) is 0 Å². The summed E-state index contributed by atoms with van der Waals surface area (Å²) in [4.78, 5) is 4.92. The van der Waals surface area contributed by atoms with Crippen molar-refractivity contribution < 1.29 is 5.11 Å². The number of piperazine rings is 3. The van der Waals surface area contributed by atoms with Crippen molar-refractivity contribution in [2.24, 2.45) is 0 Å². The molecule has 118 valence electrons. The number of rotatable bonds is 6. The van der Waals surface area contributed by atoms with Crippen molar-refractivity contribution in [3.63, 3.8) is 0 Å². The van der Waals surface area contributed by atoms with E-state index in [2.05, 4.69) is 45.7 Å².